The van der Waals surface area contributed by atoms with Crippen LogP contribution in [0.15, 0.2) is 12.1 Å². The zero-order chi connectivity index (χ0) is 13.1. The Labute approximate surface area is 108 Å². The fourth-order valence-electron chi connectivity index (χ4n) is 1.55. The molecule has 0 bridgehead atoms. The molecule has 0 atom stereocenters. The Hall–Kier alpha value is -1.89. The van der Waals surface area contributed by atoms with Crippen molar-refractivity contribution in [3.05, 3.63) is 22.2 Å². The van der Waals surface area contributed by atoms with Gasteiger partial charge in [0.15, 0.2) is 10.9 Å². The van der Waals surface area contributed by atoms with E-state index in [1.807, 2.05) is 0 Å². The number of anilines is 1. The van der Waals surface area contributed by atoms with Crippen LogP contribution in [0, 0.1) is 10.1 Å². The van der Waals surface area contributed by atoms with Crippen LogP contribution in [0.3, 0.4) is 0 Å². The van der Waals surface area contributed by atoms with Crippen LogP contribution < -0.4 is 10.1 Å². The minimum atomic E-state index is -0.430. The van der Waals surface area contributed by atoms with Crippen molar-refractivity contribution in [2.45, 2.75) is 13.3 Å². The van der Waals surface area contributed by atoms with Gasteiger partial charge >= 0.3 is 0 Å². The van der Waals surface area contributed by atoms with Crippen molar-refractivity contribution in [2.24, 2.45) is 0 Å². The van der Waals surface area contributed by atoms with Crippen molar-refractivity contribution in [3.63, 3.8) is 0 Å². The molecule has 6 nitrogen and oxygen atoms in total. The van der Waals surface area contributed by atoms with E-state index in [1.54, 1.807) is 0 Å². The first-order chi connectivity index (χ1) is 8.65. The van der Waals surface area contributed by atoms with Crippen LogP contribution in [0.2, 0.25) is 0 Å². The van der Waals surface area contributed by atoms with Crippen LogP contribution in [0.1, 0.15) is 13.3 Å². The fraction of sp³-hybridized carbons (Fsp3) is 0.364. The third kappa shape index (κ3) is 2.35. The number of aromatic nitrogens is 1. The molecular formula is C11H13N3O3S. The number of thiazole rings is 1. The summed E-state index contributed by atoms with van der Waals surface area (Å²) in [5, 5.41) is 14.7. The van der Waals surface area contributed by atoms with E-state index in [0.717, 1.165) is 22.8 Å². The maximum atomic E-state index is 10.8. The van der Waals surface area contributed by atoms with Crippen LogP contribution in [-0.2, 0) is 0 Å². The number of methoxy groups -OCH3 is 1. The van der Waals surface area contributed by atoms with Gasteiger partial charge in [0, 0.05) is 12.6 Å². The first-order valence-electron chi connectivity index (χ1n) is 5.52. The summed E-state index contributed by atoms with van der Waals surface area (Å²) in [6, 6.07) is 2.91. The van der Waals surface area contributed by atoms with E-state index < -0.39 is 4.92 Å². The molecule has 0 unspecified atom stereocenters. The molecular weight excluding hydrogens is 254 g/mol. The van der Waals surface area contributed by atoms with Gasteiger partial charge in [-0.25, -0.2) is 4.98 Å². The third-order valence-corrected chi connectivity index (χ3v) is 3.36. The maximum Gasteiger partial charge on any atom is 0.274 e. The van der Waals surface area contributed by atoms with Crippen LogP contribution in [0.4, 0.5) is 10.8 Å². The van der Waals surface area contributed by atoms with Gasteiger partial charge in [0.1, 0.15) is 5.52 Å². The van der Waals surface area contributed by atoms with Crippen molar-refractivity contribution in [3.8, 4) is 5.75 Å². The van der Waals surface area contributed by atoms with Gasteiger partial charge in [0.2, 0.25) is 0 Å². The van der Waals surface area contributed by atoms with Gasteiger partial charge in [-0.15, -0.1) is 0 Å². The first-order valence-corrected chi connectivity index (χ1v) is 6.34. The highest BCUT2D eigenvalue weighted by Gasteiger charge is 2.15. The lowest BCUT2D eigenvalue weighted by Crippen LogP contribution is -1.98. The quantitative estimate of drug-likeness (QED) is 0.665. The van der Waals surface area contributed by atoms with Gasteiger partial charge in [-0.3, -0.25) is 10.1 Å². The summed E-state index contributed by atoms with van der Waals surface area (Å²) >= 11 is 1.39. The number of rotatable bonds is 5. The average Bonchev–Trinajstić information content (AvgIpc) is 2.77. The molecule has 0 radical (unpaired) electrons. The third-order valence-electron chi connectivity index (χ3n) is 2.40. The molecule has 0 saturated carbocycles. The zero-order valence-electron chi connectivity index (χ0n) is 10.1. The highest BCUT2D eigenvalue weighted by molar-refractivity contribution is 7.22. The highest BCUT2D eigenvalue weighted by Crippen LogP contribution is 2.35. The van der Waals surface area contributed by atoms with E-state index in [-0.39, 0.29) is 5.69 Å². The van der Waals surface area contributed by atoms with Crippen LogP contribution in [-0.4, -0.2) is 23.6 Å². The monoisotopic (exact) mass is 267 g/mol. The van der Waals surface area contributed by atoms with Gasteiger partial charge in [-0.05, 0) is 6.42 Å². The van der Waals surface area contributed by atoms with Gasteiger partial charge in [-0.2, -0.15) is 0 Å². The molecule has 1 N–H and O–H groups in total. The number of hydrogen-bond donors (Lipinski definition) is 1. The summed E-state index contributed by atoms with van der Waals surface area (Å²) in [6.45, 7) is 2.88. The predicted molar refractivity (Wildman–Crippen MR) is 71.6 cm³/mol. The van der Waals surface area contributed by atoms with Gasteiger partial charge in [0.05, 0.1) is 22.8 Å². The number of ether oxygens (including phenoxy) is 1. The number of benzene rings is 1. The number of non-ortho nitro benzene ring substituents is 1. The molecule has 0 aliphatic heterocycles. The van der Waals surface area contributed by atoms with Gasteiger partial charge in [0.25, 0.3) is 5.69 Å². The molecule has 1 heterocycles. The average molecular weight is 267 g/mol. The second-order valence-corrected chi connectivity index (χ2v) is 4.73. The molecule has 96 valence electrons. The van der Waals surface area contributed by atoms with E-state index in [1.165, 1.54) is 30.6 Å². The Morgan fingerprint density at radius 3 is 2.94 bits per heavy atom. The topological polar surface area (TPSA) is 77.3 Å². The van der Waals surface area contributed by atoms with E-state index in [9.17, 15) is 10.1 Å². The fourth-order valence-corrected chi connectivity index (χ4v) is 2.50. The minimum absolute atomic E-state index is 0.0186. The molecule has 7 heteroatoms. The molecule has 2 aromatic rings. The Morgan fingerprint density at radius 1 is 1.56 bits per heavy atom. The molecule has 2 rings (SSSR count). The number of fused-ring (bicyclic) bond motifs is 1. The van der Waals surface area contributed by atoms with Crippen molar-refractivity contribution in [1.82, 2.24) is 4.98 Å². The maximum absolute atomic E-state index is 10.8. The lowest BCUT2D eigenvalue weighted by atomic mass is 10.3. The van der Waals surface area contributed by atoms with Crippen molar-refractivity contribution >= 4 is 32.4 Å². The molecule has 1 aromatic carbocycles. The summed E-state index contributed by atoms with van der Waals surface area (Å²) in [5.74, 6) is 0.431. The molecule has 0 aliphatic carbocycles. The zero-order valence-corrected chi connectivity index (χ0v) is 10.9. The highest BCUT2D eigenvalue weighted by atomic mass is 32.1. The second-order valence-electron chi connectivity index (χ2n) is 3.70. The number of nitro groups is 1. The standard InChI is InChI=1S/C11H13N3O3S/c1-3-4-12-11-13-10-8(17-2)5-7(14(15)16)6-9(10)18-11/h5-6H,3-4H2,1-2H3,(H,12,13). The molecule has 0 saturated heterocycles. The summed E-state index contributed by atoms with van der Waals surface area (Å²) in [6.07, 6.45) is 0.993. The largest absolute Gasteiger partial charge is 0.494 e. The molecule has 18 heavy (non-hydrogen) atoms. The van der Waals surface area contributed by atoms with E-state index in [4.69, 9.17) is 4.74 Å². The Balaban J connectivity index is 2.49. The summed E-state index contributed by atoms with van der Waals surface area (Å²) in [4.78, 5) is 14.8. The summed E-state index contributed by atoms with van der Waals surface area (Å²) < 4.78 is 5.90. The SMILES string of the molecule is CCCNc1nc2c(OC)cc([N+](=O)[O-])cc2s1. The van der Waals surface area contributed by atoms with Gasteiger partial charge in [-0.1, -0.05) is 18.3 Å². The predicted octanol–water partition coefficient (Wildman–Crippen LogP) is 3.04. The van der Waals surface area contributed by atoms with Crippen molar-refractivity contribution < 1.29 is 9.66 Å². The minimum Gasteiger partial charge on any atom is -0.494 e. The number of nitro benzene ring substituents is 1. The normalized spacial score (nSPS) is 10.6. The lowest BCUT2D eigenvalue weighted by molar-refractivity contribution is -0.384. The molecule has 1 aromatic heterocycles. The number of nitrogens with one attached hydrogen (secondary N) is 1. The van der Waals surface area contributed by atoms with E-state index >= 15 is 0 Å². The van der Waals surface area contributed by atoms with Crippen molar-refractivity contribution in [2.75, 3.05) is 19.0 Å². The number of nitrogens with zero attached hydrogens (tertiary/aromatic N) is 2. The van der Waals surface area contributed by atoms with Crippen LogP contribution >= 0.6 is 11.3 Å². The Bertz CT molecular complexity index is 582. The molecule has 0 amide bonds. The van der Waals surface area contributed by atoms with Crippen molar-refractivity contribution in [1.29, 1.82) is 0 Å². The van der Waals surface area contributed by atoms with Crippen LogP contribution in [0.5, 0.6) is 5.75 Å². The van der Waals surface area contributed by atoms with E-state index in [0.29, 0.717) is 11.3 Å². The second kappa shape index (κ2) is 5.18. The number of hydrogen-bond acceptors (Lipinski definition) is 6. The smallest absolute Gasteiger partial charge is 0.274 e. The van der Waals surface area contributed by atoms with Gasteiger partial charge < -0.3 is 10.1 Å². The Kier molecular flexibility index (Phi) is 3.61. The Morgan fingerprint density at radius 2 is 2.33 bits per heavy atom. The lowest BCUT2D eigenvalue weighted by Gasteiger charge is -2.00. The van der Waals surface area contributed by atoms with Crippen LogP contribution in [0.25, 0.3) is 10.2 Å². The first kappa shape index (κ1) is 12.6. The molecule has 0 fully saturated rings. The van der Waals surface area contributed by atoms with E-state index in [2.05, 4.69) is 17.2 Å². The molecule has 0 spiro atoms. The molecule has 0 aliphatic rings. The summed E-state index contributed by atoms with van der Waals surface area (Å²) in [7, 11) is 1.48. The summed E-state index contributed by atoms with van der Waals surface area (Å²) in [5.41, 5.74) is 0.678.